The molecule has 3 N–H and O–H groups in total. The number of anilines is 1. The van der Waals surface area contributed by atoms with Crippen LogP contribution in [0.3, 0.4) is 0 Å². The van der Waals surface area contributed by atoms with Crippen LogP contribution in [-0.2, 0) is 14.3 Å². The zero-order chi connectivity index (χ0) is 28.0. The van der Waals surface area contributed by atoms with Gasteiger partial charge in [0, 0.05) is 37.6 Å². The summed E-state index contributed by atoms with van der Waals surface area (Å²) >= 11 is 0. The minimum atomic E-state index is -0.947. The summed E-state index contributed by atoms with van der Waals surface area (Å²) in [5.74, 6) is 0.174. The van der Waals surface area contributed by atoms with E-state index in [1.807, 2.05) is 12.3 Å². The summed E-state index contributed by atoms with van der Waals surface area (Å²) < 4.78 is 25.5. The Hall–Kier alpha value is -4.25. The Balaban J connectivity index is 1.34. The number of imidazole rings is 1. The van der Waals surface area contributed by atoms with Gasteiger partial charge in [-0.2, -0.15) is 5.26 Å². The average molecular weight is 548 g/mol. The standard InChI is InChI=1S/C27H30FN9O3/c1-27(25(38)31-11-8-29)15-39-24(40-16-27)23-35-21(18-3-5-19(28)6-4-18)22(36-23)20-7-10-33-26(34-20)32-9-2-13-37-14-12-30-17-37/h3-7,10,12,24H,2,9,11,13-17H2,1H3,(H,31,38)(H,35,36)(H,32,33,34). The van der Waals surface area contributed by atoms with E-state index >= 15 is 0 Å². The largest absolute Gasteiger partial charge is 0.354 e. The van der Waals surface area contributed by atoms with Crippen LogP contribution < -0.4 is 10.6 Å². The van der Waals surface area contributed by atoms with E-state index in [9.17, 15) is 9.18 Å². The third kappa shape index (κ3) is 6.31. The molecule has 5 rings (SSSR count). The smallest absolute Gasteiger partial charge is 0.231 e. The summed E-state index contributed by atoms with van der Waals surface area (Å²) in [5, 5.41) is 14.6. The Morgan fingerprint density at radius 2 is 2.05 bits per heavy atom. The molecule has 208 valence electrons. The molecule has 0 bridgehead atoms. The van der Waals surface area contributed by atoms with E-state index < -0.39 is 11.7 Å². The Morgan fingerprint density at radius 3 is 2.77 bits per heavy atom. The van der Waals surface area contributed by atoms with Crippen molar-refractivity contribution in [2.24, 2.45) is 10.4 Å². The molecule has 4 heterocycles. The van der Waals surface area contributed by atoms with E-state index in [2.05, 4.69) is 35.5 Å². The minimum absolute atomic E-state index is 0.0714. The van der Waals surface area contributed by atoms with Gasteiger partial charge in [0.25, 0.3) is 0 Å². The summed E-state index contributed by atoms with van der Waals surface area (Å²) in [5.41, 5.74) is 1.45. The van der Waals surface area contributed by atoms with Crippen molar-refractivity contribution < 1.29 is 18.7 Å². The normalized spacial score (nSPS) is 20.8. The molecular formula is C27H30FN9O3. The molecule has 0 atom stereocenters. The quantitative estimate of drug-likeness (QED) is 0.257. The predicted octanol–water partition coefficient (Wildman–Crippen LogP) is 2.51. The first-order valence-corrected chi connectivity index (χ1v) is 13.0. The number of nitriles is 1. The lowest BCUT2D eigenvalue weighted by Gasteiger charge is -2.35. The van der Waals surface area contributed by atoms with E-state index in [4.69, 9.17) is 19.7 Å². The number of nitrogens with one attached hydrogen (secondary N) is 3. The van der Waals surface area contributed by atoms with Crippen LogP contribution in [0.5, 0.6) is 0 Å². The molecule has 0 spiro atoms. The number of hydrogen-bond donors (Lipinski definition) is 3. The molecule has 1 saturated heterocycles. The highest BCUT2D eigenvalue weighted by Gasteiger charge is 2.40. The average Bonchev–Trinajstić information content (AvgIpc) is 3.66. The molecular weight excluding hydrogens is 517 g/mol. The van der Waals surface area contributed by atoms with Gasteiger partial charge in [-0.15, -0.1) is 0 Å². The molecule has 0 saturated carbocycles. The SMILES string of the molecule is CC1(C(=O)NCC#N)COC(c2nc(-c3ccc(F)cc3)c(-c3ccnc(NCCCN4CC=NC4)n3)[nH]2)OC1. The summed E-state index contributed by atoms with van der Waals surface area (Å²) in [6.07, 6.45) is 3.63. The van der Waals surface area contributed by atoms with Gasteiger partial charge < -0.3 is 25.1 Å². The van der Waals surface area contributed by atoms with E-state index in [0.29, 0.717) is 41.0 Å². The van der Waals surface area contributed by atoms with Crippen LogP contribution in [0, 0.1) is 22.6 Å². The Bertz CT molecular complexity index is 1390. The molecule has 2 aromatic heterocycles. The lowest BCUT2D eigenvalue weighted by molar-refractivity contribution is -0.230. The first kappa shape index (κ1) is 27.3. The number of amides is 1. The van der Waals surface area contributed by atoms with Crippen molar-refractivity contribution in [1.82, 2.24) is 30.2 Å². The van der Waals surface area contributed by atoms with Crippen LogP contribution in [0.2, 0.25) is 0 Å². The number of H-pyrrole nitrogens is 1. The van der Waals surface area contributed by atoms with Crippen LogP contribution in [-0.4, -0.2) is 83.0 Å². The first-order chi connectivity index (χ1) is 19.4. The van der Waals surface area contributed by atoms with E-state index in [0.717, 1.165) is 26.2 Å². The summed E-state index contributed by atoms with van der Waals surface area (Å²) in [7, 11) is 0. The molecule has 13 heteroatoms. The highest BCUT2D eigenvalue weighted by Crippen LogP contribution is 2.35. The molecule has 3 aromatic rings. The lowest BCUT2D eigenvalue weighted by atomic mass is 9.91. The number of aliphatic imine (C=N–C) groups is 1. The monoisotopic (exact) mass is 547 g/mol. The predicted molar refractivity (Wildman–Crippen MR) is 144 cm³/mol. The Morgan fingerprint density at radius 1 is 1.25 bits per heavy atom. The second-order valence-electron chi connectivity index (χ2n) is 9.84. The number of benzene rings is 1. The zero-order valence-electron chi connectivity index (χ0n) is 22.1. The molecule has 12 nitrogen and oxygen atoms in total. The van der Waals surface area contributed by atoms with E-state index in [1.54, 1.807) is 31.3 Å². The number of nitrogens with zero attached hydrogens (tertiary/aromatic N) is 6. The van der Waals surface area contributed by atoms with Crippen molar-refractivity contribution in [3.8, 4) is 28.7 Å². The molecule has 1 amide bonds. The van der Waals surface area contributed by atoms with Crippen LogP contribution in [0.15, 0.2) is 41.5 Å². The third-order valence-corrected chi connectivity index (χ3v) is 6.64. The van der Waals surface area contributed by atoms with Gasteiger partial charge in [-0.1, -0.05) is 0 Å². The molecule has 1 aromatic carbocycles. The lowest BCUT2D eigenvalue weighted by Crippen LogP contribution is -2.48. The topological polar surface area (TPSA) is 153 Å². The van der Waals surface area contributed by atoms with Gasteiger partial charge >= 0.3 is 0 Å². The second-order valence-corrected chi connectivity index (χ2v) is 9.84. The summed E-state index contributed by atoms with van der Waals surface area (Å²) in [6, 6.07) is 9.66. The zero-order valence-corrected chi connectivity index (χ0v) is 22.1. The van der Waals surface area contributed by atoms with Crippen LogP contribution >= 0.6 is 0 Å². The number of halogens is 1. The van der Waals surface area contributed by atoms with E-state index in [-0.39, 0.29) is 31.5 Å². The molecule has 1 fully saturated rings. The van der Waals surface area contributed by atoms with E-state index in [1.165, 1.54) is 12.1 Å². The van der Waals surface area contributed by atoms with Crippen LogP contribution in [0.4, 0.5) is 10.3 Å². The Kier molecular flexibility index (Phi) is 8.40. The highest BCUT2D eigenvalue weighted by molar-refractivity contribution is 5.83. The fraction of sp³-hybridized carbons (Fsp3) is 0.407. The second kappa shape index (κ2) is 12.3. The number of rotatable bonds is 10. The molecule has 2 aliphatic heterocycles. The van der Waals surface area contributed by atoms with Crippen molar-refractivity contribution in [1.29, 1.82) is 5.26 Å². The highest BCUT2D eigenvalue weighted by atomic mass is 19.1. The van der Waals surface area contributed by atoms with Crippen molar-refractivity contribution in [2.75, 3.05) is 51.4 Å². The van der Waals surface area contributed by atoms with Gasteiger partial charge in [-0.05, 0) is 43.7 Å². The molecule has 0 aliphatic carbocycles. The van der Waals surface area contributed by atoms with Crippen molar-refractivity contribution in [2.45, 2.75) is 19.6 Å². The van der Waals surface area contributed by atoms with Gasteiger partial charge in [-0.25, -0.2) is 19.3 Å². The van der Waals surface area contributed by atoms with Gasteiger partial charge in [0.1, 0.15) is 12.4 Å². The molecule has 2 aliphatic rings. The van der Waals surface area contributed by atoms with Crippen LogP contribution in [0.1, 0.15) is 25.5 Å². The maximum Gasteiger partial charge on any atom is 0.231 e. The molecule has 0 unspecified atom stereocenters. The van der Waals surface area contributed by atoms with Crippen molar-refractivity contribution in [3.63, 3.8) is 0 Å². The first-order valence-electron chi connectivity index (χ1n) is 13.0. The summed E-state index contributed by atoms with van der Waals surface area (Å²) in [6.45, 7) is 5.00. The molecule has 0 radical (unpaired) electrons. The number of ether oxygens (including phenoxy) is 2. The number of carbonyl (C=O) groups excluding carboxylic acids is 1. The molecule has 40 heavy (non-hydrogen) atoms. The Labute approximate surface area is 230 Å². The maximum atomic E-state index is 13.7. The van der Waals surface area contributed by atoms with Gasteiger partial charge in [0.2, 0.25) is 18.1 Å². The number of aromatic amines is 1. The number of carbonyl (C=O) groups is 1. The van der Waals surface area contributed by atoms with Gasteiger partial charge in [0.15, 0.2) is 5.82 Å². The summed E-state index contributed by atoms with van der Waals surface area (Å²) in [4.78, 5) is 36.0. The third-order valence-electron chi connectivity index (χ3n) is 6.64. The van der Waals surface area contributed by atoms with Gasteiger partial charge in [0.05, 0.1) is 48.4 Å². The minimum Gasteiger partial charge on any atom is -0.354 e. The maximum absolute atomic E-state index is 13.7. The van der Waals surface area contributed by atoms with Crippen LogP contribution in [0.25, 0.3) is 22.6 Å². The van der Waals surface area contributed by atoms with Crippen molar-refractivity contribution >= 4 is 18.1 Å². The fourth-order valence-electron chi connectivity index (χ4n) is 4.39. The number of aromatic nitrogens is 4. The number of hydrogen-bond acceptors (Lipinski definition) is 10. The van der Waals surface area contributed by atoms with Crippen molar-refractivity contribution in [3.05, 3.63) is 48.2 Å². The van der Waals surface area contributed by atoms with Gasteiger partial charge in [-0.3, -0.25) is 14.7 Å². The fourth-order valence-corrected chi connectivity index (χ4v) is 4.39.